The van der Waals surface area contributed by atoms with E-state index in [-0.39, 0.29) is 24.0 Å². The molecule has 2 fully saturated rings. The van der Waals surface area contributed by atoms with Crippen LogP contribution in [0, 0.1) is 5.92 Å². The number of halogens is 1. The van der Waals surface area contributed by atoms with Crippen molar-refractivity contribution in [1.82, 2.24) is 15.1 Å². The summed E-state index contributed by atoms with van der Waals surface area (Å²) in [5, 5.41) is 3.43. The SMILES string of the molecule is CCNC(=NCC1CCN(C2CC2)C1)N(C)Cc1ccc(OC)cc1OC.I. The van der Waals surface area contributed by atoms with E-state index in [2.05, 4.69) is 35.2 Å². The number of benzene rings is 1. The molecule has 1 aromatic carbocycles. The monoisotopic (exact) mass is 502 g/mol. The van der Waals surface area contributed by atoms with Crippen molar-refractivity contribution in [1.29, 1.82) is 0 Å². The Morgan fingerprint density at radius 1 is 1.25 bits per heavy atom. The van der Waals surface area contributed by atoms with Gasteiger partial charge >= 0.3 is 0 Å². The van der Waals surface area contributed by atoms with Gasteiger partial charge in [0.05, 0.1) is 14.2 Å². The van der Waals surface area contributed by atoms with Crippen LogP contribution in [0.2, 0.25) is 0 Å². The highest BCUT2D eigenvalue weighted by atomic mass is 127. The lowest BCUT2D eigenvalue weighted by Gasteiger charge is -2.24. The van der Waals surface area contributed by atoms with Crippen LogP contribution in [-0.4, -0.2) is 69.2 Å². The molecule has 0 aromatic heterocycles. The molecule has 3 rings (SSSR count). The van der Waals surface area contributed by atoms with Crippen molar-refractivity contribution in [3.05, 3.63) is 23.8 Å². The highest BCUT2D eigenvalue weighted by Crippen LogP contribution is 2.31. The third kappa shape index (κ3) is 6.14. The number of nitrogens with one attached hydrogen (secondary N) is 1. The smallest absolute Gasteiger partial charge is 0.193 e. The van der Waals surface area contributed by atoms with Crippen molar-refractivity contribution in [2.45, 2.75) is 38.8 Å². The van der Waals surface area contributed by atoms with Crippen LogP contribution in [0.25, 0.3) is 0 Å². The predicted octanol–water partition coefficient (Wildman–Crippen LogP) is 3.20. The Hall–Kier alpha value is -1.22. The normalized spacial score (nSPS) is 19.9. The van der Waals surface area contributed by atoms with Crippen molar-refractivity contribution < 1.29 is 9.47 Å². The summed E-state index contributed by atoms with van der Waals surface area (Å²) in [4.78, 5) is 9.75. The van der Waals surface area contributed by atoms with Gasteiger partial charge in [-0.3, -0.25) is 4.99 Å². The van der Waals surface area contributed by atoms with E-state index < -0.39 is 0 Å². The minimum atomic E-state index is 0. The van der Waals surface area contributed by atoms with Crippen LogP contribution < -0.4 is 14.8 Å². The van der Waals surface area contributed by atoms with Gasteiger partial charge in [0.15, 0.2) is 5.96 Å². The van der Waals surface area contributed by atoms with E-state index in [4.69, 9.17) is 14.5 Å². The highest BCUT2D eigenvalue weighted by Gasteiger charge is 2.34. The summed E-state index contributed by atoms with van der Waals surface area (Å²) in [5.41, 5.74) is 1.12. The molecule has 0 spiro atoms. The minimum absolute atomic E-state index is 0. The van der Waals surface area contributed by atoms with E-state index in [1.165, 1.54) is 32.4 Å². The zero-order valence-corrected chi connectivity index (χ0v) is 19.9. The van der Waals surface area contributed by atoms with E-state index in [0.717, 1.165) is 48.7 Å². The van der Waals surface area contributed by atoms with Gasteiger partial charge in [0.1, 0.15) is 11.5 Å². The van der Waals surface area contributed by atoms with Crippen LogP contribution in [0.3, 0.4) is 0 Å². The van der Waals surface area contributed by atoms with Crippen LogP contribution in [0.1, 0.15) is 31.7 Å². The molecule has 0 bridgehead atoms. The van der Waals surface area contributed by atoms with Gasteiger partial charge in [-0.15, -0.1) is 24.0 Å². The molecule has 1 atom stereocenters. The maximum absolute atomic E-state index is 5.54. The number of guanidine groups is 1. The Kier molecular flexibility index (Phi) is 9.14. The third-order valence-electron chi connectivity index (χ3n) is 5.48. The molecule has 6 nitrogen and oxygen atoms in total. The fourth-order valence-corrected chi connectivity index (χ4v) is 3.78. The summed E-state index contributed by atoms with van der Waals surface area (Å²) >= 11 is 0. The molecule has 0 radical (unpaired) electrons. The topological polar surface area (TPSA) is 49.3 Å². The Balaban J connectivity index is 0.00000280. The van der Waals surface area contributed by atoms with Gasteiger partial charge in [0.2, 0.25) is 0 Å². The van der Waals surface area contributed by atoms with Gasteiger partial charge in [-0.05, 0) is 50.8 Å². The zero-order valence-electron chi connectivity index (χ0n) is 17.6. The van der Waals surface area contributed by atoms with Gasteiger partial charge < -0.3 is 24.6 Å². The van der Waals surface area contributed by atoms with Crippen molar-refractivity contribution in [3.63, 3.8) is 0 Å². The first-order chi connectivity index (χ1) is 13.1. The lowest BCUT2D eigenvalue weighted by Crippen LogP contribution is -2.39. The maximum atomic E-state index is 5.54. The van der Waals surface area contributed by atoms with E-state index in [9.17, 15) is 0 Å². The van der Waals surface area contributed by atoms with Gasteiger partial charge in [0.25, 0.3) is 0 Å². The largest absolute Gasteiger partial charge is 0.497 e. The summed E-state index contributed by atoms with van der Waals surface area (Å²) < 4.78 is 10.8. The fourth-order valence-electron chi connectivity index (χ4n) is 3.78. The molecule has 1 N–H and O–H groups in total. The van der Waals surface area contributed by atoms with Crippen LogP contribution in [-0.2, 0) is 6.54 Å². The van der Waals surface area contributed by atoms with Crippen LogP contribution in [0.15, 0.2) is 23.2 Å². The molecule has 158 valence electrons. The van der Waals surface area contributed by atoms with Gasteiger partial charge in [0, 0.05) is 50.9 Å². The van der Waals surface area contributed by atoms with Crippen molar-refractivity contribution >= 4 is 29.9 Å². The van der Waals surface area contributed by atoms with Gasteiger partial charge in [-0.2, -0.15) is 0 Å². The second-order valence-electron chi connectivity index (χ2n) is 7.61. The molecular formula is C21H35IN4O2. The summed E-state index contributed by atoms with van der Waals surface area (Å²) in [7, 11) is 5.45. The second-order valence-corrected chi connectivity index (χ2v) is 7.61. The molecule has 28 heavy (non-hydrogen) atoms. The average molecular weight is 502 g/mol. The number of aliphatic imine (C=N–C) groups is 1. The Labute approximate surface area is 186 Å². The lowest BCUT2D eigenvalue weighted by atomic mass is 10.1. The first kappa shape index (κ1) is 23.1. The Morgan fingerprint density at radius 2 is 2.04 bits per heavy atom. The average Bonchev–Trinajstić information content (AvgIpc) is 3.43. The predicted molar refractivity (Wildman–Crippen MR) is 125 cm³/mol. The Morgan fingerprint density at radius 3 is 2.68 bits per heavy atom. The van der Waals surface area contributed by atoms with Crippen molar-refractivity contribution in [3.8, 4) is 11.5 Å². The molecule has 1 aliphatic carbocycles. The standard InChI is InChI=1S/C21H34N4O2.HI/c1-5-22-21(23-13-16-10-11-25(14-16)18-7-8-18)24(2)15-17-6-9-19(26-3)12-20(17)27-4;/h6,9,12,16,18H,5,7-8,10-11,13-15H2,1-4H3,(H,22,23);1H. The van der Waals surface area contributed by atoms with Gasteiger partial charge in [-0.1, -0.05) is 0 Å². The summed E-state index contributed by atoms with van der Waals surface area (Å²) in [5.74, 6) is 3.29. The molecule has 0 amide bonds. The number of rotatable bonds is 8. The first-order valence-electron chi connectivity index (χ1n) is 10.1. The maximum Gasteiger partial charge on any atom is 0.193 e. The molecule has 7 heteroatoms. The highest BCUT2D eigenvalue weighted by molar-refractivity contribution is 14.0. The summed E-state index contributed by atoms with van der Waals surface area (Å²) in [6.45, 7) is 7.07. The quantitative estimate of drug-likeness (QED) is 0.336. The molecule has 1 saturated carbocycles. The molecule has 1 heterocycles. The number of methoxy groups -OCH3 is 2. The van der Waals surface area contributed by atoms with E-state index in [1.807, 2.05) is 12.1 Å². The van der Waals surface area contributed by atoms with Crippen molar-refractivity contribution in [2.75, 3.05) is 47.4 Å². The molecule has 1 unspecified atom stereocenters. The number of hydrogen-bond acceptors (Lipinski definition) is 4. The summed E-state index contributed by atoms with van der Waals surface area (Å²) in [6, 6.07) is 6.83. The minimum Gasteiger partial charge on any atom is -0.497 e. The molecule has 1 aliphatic heterocycles. The zero-order chi connectivity index (χ0) is 19.2. The number of likely N-dealkylation sites (tertiary alicyclic amines) is 1. The molecule has 1 aromatic rings. The Bertz CT molecular complexity index is 651. The van der Waals surface area contributed by atoms with Crippen LogP contribution in [0.4, 0.5) is 0 Å². The van der Waals surface area contributed by atoms with Crippen LogP contribution in [0.5, 0.6) is 11.5 Å². The number of nitrogens with zero attached hydrogens (tertiary/aromatic N) is 3. The van der Waals surface area contributed by atoms with E-state index in [1.54, 1.807) is 14.2 Å². The fraction of sp³-hybridized carbons (Fsp3) is 0.667. The first-order valence-corrected chi connectivity index (χ1v) is 10.1. The van der Waals surface area contributed by atoms with Crippen LogP contribution >= 0.6 is 24.0 Å². The lowest BCUT2D eigenvalue weighted by molar-refractivity contribution is 0.315. The van der Waals surface area contributed by atoms with E-state index in [0.29, 0.717) is 5.92 Å². The molecule has 1 saturated heterocycles. The number of ether oxygens (including phenoxy) is 2. The summed E-state index contributed by atoms with van der Waals surface area (Å²) in [6.07, 6.45) is 4.06. The second kappa shape index (κ2) is 11.1. The number of hydrogen-bond donors (Lipinski definition) is 1. The van der Waals surface area contributed by atoms with Gasteiger partial charge in [-0.25, -0.2) is 0 Å². The van der Waals surface area contributed by atoms with E-state index >= 15 is 0 Å². The molecule has 2 aliphatic rings. The molecular weight excluding hydrogens is 467 g/mol. The van der Waals surface area contributed by atoms with Crippen molar-refractivity contribution in [2.24, 2.45) is 10.9 Å². The third-order valence-corrected chi connectivity index (χ3v) is 5.48.